The molecule has 0 atom stereocenters. The van der Waals surface area contributed by atoms with Gasteiger partial charge in [0.25, 0.3) is 0 Å². The Morgan fingerprint density at radius 1 is 1.16 bits per heavy atom. The molecule has 0 aliphatic heterocycles. The lowest BCUT2D eigenvalue weighted by Gasteiger charge is -2.15. The first-order valence-electron chi connectivity index (χ1n) is 7.23. The van der Waals surface area contributed by atoms with Gasteiger partial charge in [-0.05, 0) is 30.0 Å². The standard InChI is InChI=1S/C17H15F3N2O2S/c1-4-25-16-11(9-21)12(17(18,19)20)8-13(22-16)10-5-6-14(23-2)15(7-10)24-3/h5-8H,4H2,1-3H3. The third-order valence-corrected chi connectivity index (χ3v) is 4.22. The van der Waals surface area contributed by atoms with Gasteiger partial charge in [0.05, 0.1) is 31.0 Å². The maximum absolute atomic E-state index is 13.4. The average Bonchev–Trinajstić information content (AvgIpc) is 2.59. The predicted octanol–water partition coefficient (Wildman–Crippen LogP) is 4.77. The summed E-state index contributed by atoms with van der Waals surface area (Å²) in [6, 6.07) is 7.25. The van der Waals surface area contributed by atoms with Crippen molar-refractivity contribution in [1.29, 1.82) is 5.26 Å². The van der Waals surface area contributed by atoms with Crippen LogP contribution in [-0.2, 0) is 6.18 Å². The fraction of sp³-hybridized carbons (Fsp3) is 0.294. The molecular formula is C17H15F3N2O2S. The summed E-state index contributed by atoms with van der Waals surface area (Å²) in [4.78, 5) is 4.25. The van der Waals surface area contributed by atoms with E-state index in [1.807, 2.05) is 0 Å². The normalized spacial score (nSPS) is 11.1. The van der Waals surface area contributed by atoms with E-state index in [0.717, 1.165) is 17.8 Å². The molecule has 1 aromatic carbocycles. The third-order valence-electron chi connectivity index (χ3n) is 3.36. The second kappa shape index (κ2) is 7.66. The minimum absolute atomic E-state index is 0.0598. The fourth-order valence-electron chi connectivity index (χ4n) is 2.24. The lowest BCUT2D eigenvalue weighted by Crippen LogP contribution is -2.10. The summed E-state index contributed by atoms with van der Waals surface area (Å²) in [5, 5.41) is 9.22. The molecule has 2 aromatic rings. The van der Waals surface area contributed by atoms with Gasteiger partial charge in [-0.25, -0.2) is 4.98 Å². The lowest BCUT2D eigenvalue weighted by molar-refractivity contribution is -0.138. The van der Waals surface area contributed by atoms with Crippen molar-refractivity contribution >= 4 is 11.8 Å². The molecule has 0 fully saturated rings. The van der Waals surface area contributed by atoms with Crippen molar-refractivity contribution in [3.63, 3.8) is 0 Å². The van der Waals surface area contributed by atoms with Gasteiger partial charge in [0, 0.05) is 5.56 Å². The number of alkyl halides is 3. The van der Waals surface area contributed by atoms with Crippen molar-refractivity contribution in [1.82, 2.24) is 4.98 Å². The number of benzene rings is 1. The zero-order chi connectivity index (χ0) is 18.6. The van der Waals surface area contributed by atoms with Crippen LogP contribution in [0.4, 0.5) is 13.2 Å². The van der Waals surface area contributed by atoms with Crippen LogP contribution in [0.1, 0.15) is 18.1 Å². The molecule has 0 aliphatic rings. The number of thioether (sulfide) groups is 1. The van der Waals surface area contributed by atoms with Gasteiger partial charge in [-0.2, -0.15) is 18.4 Å². The second-order valence-corrected chi connectivity index (χ2v) is 6.10. The number of nitrogens with zero attached hydrogens (tertiary/aromatic N) is 2. The van der Waals surface area contributed by atoms with Crippen LogP contribution in [0.3, 0.4) is 0 Å². The molecule has 1 aromatic heterocycles. The van der Waals surface area contributed by atoms with E-state index in [1.54, 1.807) is 31.2 Å². The van der Waals surface area contributed by atoms with E-state index in [9.17, 15) is 13.2 Å². The van der Waals surface area contributed by atoms with E-state index in [-0.39, 0.29) is 10.7 Å². The quantitative estimate of drug-likeness (QED) is 0.712. The van der Waals surface area contributed by atoms with E-state index in [2.05, 4.69) is 4.98 Å². The van der Waals surface area contributed by atoms with Gasteiger partial charge in [-0.1, -0.05) is 6.92 Å². The van der Waals surface area contributed by atoms with Gasteiger partial charge < -0.3 is 9.47 Å². The van der Waals surface area contributed by atoms with Crippen LogP contribution in [0.2, 0.25) is 0 Å². The highest BCUT2D eigenvalue weighted by atomic mass is 32.2. The highest BCUT2D eigenvalue weighted by molar-refractivity contribution is 7.99. The van der Waals surface area contributed by atoms with Crippen molar-refractivity contribution in [2.45, 2.75) is 18.1 Å². The maximum Gasteiger partial charge on any atom is 0.417 e. The molecule has 0 amide bonds. The van der Waals surface area contributed by atoms with Crippen LogP contribution >= 0.6 is 11.8 Å². The Morgan fingerprint density at radius 3 is 2.36 bits per heavy atom. The molecule has 0 saturated carbocycles. The number of hydrogen-bond donors (Lipinski definition) is 0. The topological polar surface area (TPSA) is 55.1 Å². The molecule has 0 unspecified atom stereocenters. The number of hydrogen-bond acceptors (Lipinski definition) is 5. The fourth-order valence-corrected chi connectivity index (χ4v) is 2.97. The SMILES string of the molecule is CCSc1nc(-c2ccc(OC)c(OC)c2)cc(C(F)(F)F)c1C#N. The monoisotopic (exact) mass is 368 g/mol. The largest absolute Gasteiger partial charge is 0.493 e. The number of methoxy groups -OCH3 is 2. The smallest absolute Gasteiger partial charge is 0.417 e. The Morgan fingerprint density at radius 2 is 1.84 bits per heavy atom. The van der Waals surface area contributed by atoms with E-state index < -0.39 is 17.3 Å². The van der Waals surface area contributed by atoms with Gasteiger partial charge in [0.1, 0.15) is 11.1 Å². The van der Waals surface area contributed by atoms with E-state index in [1.165, 1.54) is 14.2 Å². The Bertz CT molecular complexity index is 817. The first kappa shape index (κ1) is 18.9. The first-order valence-corrected chi connectivity index (χ1v) is 8.21. The minimum Gasteiger partial charge on any atom is -0.493 e. The zero-order valence-electron chi connectivity index (χ0n) is 13.8. The first-order chi connectivity index (χ1) is 11.8. The summed E-state index contributed by atoms with van der Waals surface area (Å²) in [6.07, 6.45) is -4.65. The van der Waals surface area contributed by atoms with E-state index in [4.69, 9.17) is 14.7 Å². The molecular weight excluding hydrogens is 353 g/mol. The molecule has 0 saturated heterocycles. The molecule has 1 heterocycles. The molecule has 8 heteroatoms. The summed E-state index contributed by atoms with van der Waals surface area (Å²) in [5.74, 6) is 1.33. The van der Waals surface area contributed by atoms with Crippen LogP contribution < -0.4 is 9.47 Å². The van der Waals surface area contributed by atoms with Crippen LogP contribution in [0.15, 0.2) is 29.3 Å². The van der Waals surface area contributed by atoms with Crippen molar-refractivity contribution in [3.05, 3.63) is 35.4 Å². The van der Waals surface area contributed by atoms with Gasteiger partial charge in [-0.3, -0.25) is 0 Å². The number of ether oxygens (including phenoxy) is 2. The number of halogens is 3. The Balaban J connectivity index is 2.70. The molecule has 0 spiro atoms. The van der Waals surface area contributed by atoms with Crippen LogP contribution in [0, 0.1) is 11.3 Å². The second-order valence-electron chi connectivity index (χ2n) is 4.85. The number of pyridine rings is 1. The lowest BCUT2D eigenvalue weighted by atomic mass is 10.0. The van der Waals surface area contributed by atoms with Gasteiger partial charge in [-0.15, -0.1) is 11.8 Å². The molecule has 2 rings (SSSR count). The summed E-state index contributed by atoms with van der Waals surface area (Å²) in [7, 11) is 2.91. The molecule has 0 N–H and O–H groups in total. The van der Waals surface area contributed by atoms with E-state index >= 15 is 0 Å². The Hall–Kier alpha value is -2.40. The van der Waals surface area contributed by atoms with Crippen LogP contribution in [0.25, 0.3) is 11.3 Å². The molecule has 4 nitrogen and oxygen atoms in total. The Labute approximate surface area is 147 Å². The molecule has 0 radical (unpaired) electrons. The summed E-state index contributed by atoms with van der Waals surface area (Å²) in [6.45, 7) is 1.78. The van der Waals surface area contributed by atoms with Crippen LogP contribution in [-0.4, -0.2) is 25.0 Å². The Kier molecular flexibility index (Phi) is 5.80. The molecule has 132 valence electrons. The van der Waals surface area contributed by atoms with Gasteiger partial charge in [0.15, 0.2) is 11.5 Å². The van der Waals surface area contributed by atoms with E-state index in [0.29, 0.717) is 22.8 Å². The summed E-state index contributed by atoms with van der Waals surface area (Å²) < 4.78 is 50.5. The van der Waals surface area contributed by atoms with Crippen molar-refractivity contribution in [2.75, 3.05) is 20.0 Å². The number of rotatable bonds is 5. The van der Waals surface area contributed by atoms with Crippen molar-refractivity contribution in [3.8, 4) is 28.8 Å². The van der Waals surface area contributed by atoms with Crippen molar-refractivity contribution in [2.24, 2.45) is 0 Å². The molecule has 0 bridgehead atoms. The highest BCUT2D eigenvalue weighted by Crippen LogP contribution is 2.39. The molecule has 25 heavy (non-hydrogen) atoms. The predicted molar refractivity (Wildman–Crippen MR) is 88.9 cm³/mol. The summed E-state index contributed by atoms with van der Waals surface area (Å²) in [5.41, 5.74) is -0.900. The number of nitriles is 1. The van der Waals surface area contributed by atoms with Crippen molar-refractivity contribution < 1.29 is 22.6 Å². The average molecular weight is 368 g/mol. The molecule has 0 aliphatic carbocycles. The summed E-state index contributed by atoms with van der Waals surface area (Å²) >= 11 is 1.09. The number of aromatic nitrogens is 1. The highest BCUT2D eigenvalue weighted by Gasteiger charge is 2.36. The minimum atomic E-state index is -4.65. The van der Waals surface area contributed by atoms with Crippen LogP contribution in [0.5, 0.6) is 11.5 Å². The van der Waals surface area contributed by atoms with Gasteiger partial charge >= 0.3 is 6.18 Å². The zero-order valence-corrected chi connectivity index (χ0v) is 14.6. The van der Waals surface area contributed by atoms with Gasteiger partial charge in [0.2, 0.25) is 0 Å². The third kappa shape index (κ3) is 3.99. The maximum atomic E-state index is 13.4.